The first-order valence-corrected chi connectivity index (χ1v) is 4.17. The average Bonchev–Trinajstić information content (AvgIpc) is 1.82. The highest BCUT2D eigenvalue weighted by Gasteiger charge is 2.17. The molecule has 0 bridgehead atoms. The monoisotopic (exact) mass is 156 g/mol. The van der Waals surface area contributed by atoms with Gasteiger partial charge < -0.3 is 5.11 Å². The lowest BCUT2D eigenvalue weighted by atomic mass is 9.90. The average molecular weight is 156 g/mol. The molecule has 0 fully saturated rings. The Morgan fingerprint density at radius 2 is 1.55 bits per heavy atom. The summed E-state index contributed by atoms with van der Waals surface area (Å²) in [5.41, 5.74) is 1.72. The molecule has 0 aliphatic carbocycles. The van der Waals surface area contributed by atoms with Crippen LogP contribution in [0.25, 0.3) is 0 Å². The zero-order valence-corrected chi connectivity index (χ0v) is 8.52. The quantitative estimate of drug-likeness (QED) is 0.609. The highest BCUT2D eigenvalue weighted by atomic mass is 16.3. The van der Waals surface area contributed by atoms with E-state index in [0.29, 0.717) is 5.92 Å². The molecule has 66 valence electrons. The zero-order valence-electron chi connectivity index (χ0n) is 8.52. The van der Waals surface area contributed by atoms with E-state index in [1.54, 1.807) is 0 Å². The van der Waals surface area contributed by atoms with E-state index >= 15 is 0 Å². The molecule has 0 aromatic carbocycles. The Morgan fingerprint density at radius 1 is 1.18 bits per heavy atom. The Kier molecular flexibility index (Phi) is 3.30. The largest absolute Gasteiger partial charge is 0.386 e. The molecule has 0 atom stereocenters. The normalized spacial score (nSPS) is 15.3. The van der Waals surface area contributed by atoms with Gasteiger partial charge in [0.1, 0.15) is 0 Å². The van der Waals surface area contributed by atoms with E-state index < -0.39 is 5.60 Å². The van der Waals surface area contributed by atoms with Crippen LogP contribution in [0.2, 0.25) is 0 Å². The molecule has 11 heavy (non-hydrogen) atoms. The van der Waals surface area contributed by atoms with Gasteiger partial charge in [-0.3, -0.25) is 0 Å². The van der Waals surface area contributed by atoms with Crippen LogP contribution < -0.4 is 0 Å². The van der Waals surface area contributed by atoms with E-state index in [-0.39, 0.29) is 0 Å². The molecule has 1 N–H and O–H groups in total. The number of rotatable bonds is 2. The van der Waals surface area contributed by atoms with Crippen molar-refractivity contribution in [3.05, 3.63) is 11.1 Å². The minimum atomic E-state index is -0.658. The van der Waals surface area contributed by atoms with E-state index in [1.165, 1.54) is 5.57 Å². The maximum atomic E-state index is 9.65. The second-order valence-electron chi connectivity index (χ2n) is 4.02. The molecule has 0 aliphatic heterocycles. The maximum Gasteiger partial charge on any atom is 0.0800 e. The second kappa shape index (κ2) is 3.40. The Balaban J connectivity index is 4.67. The summed E-state index contributed by atoms with van der Waals surface area (Å²) in [6.07, 6.45) is 0. The summed E-state index contributed by atoms with van der Waals surface area (Å²) in [6.45, 7) is 12.0. The zero-order chi connectivity index (χ0) is 9.23. The molecule has 0 spiro atoms. The van der Waals surface area contributed by atoms with Gasteiger partial charge in [0.05, 0.1) is 5.60 Å². The van der Waals surface area contributed by atoms with Crippen LogP contribution in [0.3, 0.4) is 0 Å². The summed E-state index contributed by atoms with van der Waals surface area (Å²) in [5.74, 6) is 0.529. The van der Waals surface area contributed by atoms with Gasteiger partial charge in [-0.1, -0.05) is 19.4 Å². The third-order valence-electron chi connectivity index (χ3n) is 2.38. The van der Waals surface area contributed by atoms with Gasteiger partial charge in [-0.15, -0.1) is 0 Å². The molecule has 0 radical (unpaired) electrons. The second-order valence-corrected chi connectivity index (χ2v) is 4.02. The molecule has 0 unspecified atom stereocenters. The van der Waals surface area contributed by atoms with Crippen molar-refractivity contribution < 1.29 is 5.11 Å². The first kappa shape index (κ1) is 10.7. The molecule has 0 aromatic rings. The summed E-state index contributed by atoms with van der Waals surface area (Å²) in [4.78, 5) is 0. The van der Waals surface area contributed by atoms with E-state index in [4.69, 9.17) is 0 Å². The van der Waals surface area contributed by atoms with Crippen molar-refractivity contribution in [2.75, 3.05) is 0 Å². The molecule has 1 heteroatoms. The molecule has 0 aliphatic rings. The highest BCUT2D eigenvalue weighted by Crippen LogP contribution is 2.22. The fourth-order valence-corrected chi connectivity index (χ4v) is 0.916. The summed E-state index contributed by atoms with van der Waals surface area (Å²) in [6, 6.07) is 0. The first-order chi connectivity index (χ1) is 4.76. The van der Waals surface area contributed by atoms with Crippen molar-refractivity contribution in [2.24, 2.45) is 5.92 Å². The van der Waals surface area contributed by atoms with Crippen LogP contribution in [0.4, 0.5) is 0 Å². The van der Waals surface area contributed by atoms with Crippen molar-refractivity contribution in [2.45, 2.75) is 47.1 Å². The molecule has 0 saturated carbocycles. The third-order valence-corrected chi connectivity index (χ3v) is 2.38. The highest BCUT2D eigenvalue weighted by molar-refractivity contribution is 5.19. The summed E-state index contributed by atoms with van der Waals surface area (Å²) in [7, 11) is 0. The van der Waals surface area contributed by atoms with Gasteiger partial charge in [0.25, 0.3) is 0 Å². The Hall–Kier alpha value is -0.300. The van der Waals surface area contributed by atoms with Crippen molar-refractivity contribution in [3.8, 4) is 0 Å². The predicted octanol–water partition coefficient (Wildman–Crippen LogP) is 2.75. The van der Waals surface area contributed by atoms with Crippen LogP contribution in [-0.2, 0) is 0 Å². The standard InChI is InChI=1S/C10H20O/c1-7(2)8(3)9(4)10(5,6)11/h7,11H,1-6H3. The Morgan fingerprint density at radius 3 is 1.64 bits per heavy atom. The number of allylic oxidation sites excluding steroid dienone is 1. The van der Waals surface area contributed by atoms with Crippen LogP contribution in [0, 0.1) is 5.92 Å². The van der Waals surface area contributed by atoms with Gasteiger partial charge in [-0.2, -0.15) is 0 Å². The van der Waals surface area contributed by atoms with Crippen molar-refractivity contribution in [3.63, 3.8) is 0 Å². The van der Waals surface area contributed by atoms with Crippen LogP contribution in [0.1, 0.15) is 41.5 Å². The molecule has 0 amide bonds. The SMILES string of the molecule is CC(=C(C)C(C)(C)O)C(C)C. The minimum absolute atomic E-state index is 0.529. The number of hydrogen-bond donors (Lipinski definition) is 1. The van der Waals surface area contributed by atoms with E-state index in [2.05, 4.69) is 20.8 Å². The van der Waals surface area contributed by atoms with Crippen LogP contribution in [0.15, 0.2) is 11.1 Å². The van der Waals surface area contributed by atoms with E-state index in [9.17, 15) is 5.11 Å². The first-order valence-electron chi connectivity index (χ1n) is 4.17. The lowest BCUT2D eigenvalue weighted by Gasteiger charge is -2.22. The molecular formula is C10H20O. The van der Waals surface area contributed by atoms with E-state index in [1.807, 2.05) is 20.8 Å². The summed E-state index contributed by atoms with van der Waals surface area (Å²) >= 11 is 0. The summed E-state index contributed by atoms with van der Waals surface area (Å²) in [5, 5.41) is 9.65. The number of aliphatic hydroxyl groups is 1. The fourth-order valence-electron chi connectivity index (χ4n) is 0.916. The van der Waals surface area contributed by atoms with Gasteiger partial charge in [0.2, 0.25) is 0 Å². The van der Waals surface area contributed by atoms with E-state index in [0.717, 1.165) is 5.57 Å². The number of hydrogen-bond acceptors (Lipinski definition) is 1. The molecule has 0 saturated heterocycles. The molecule has 1 nitrogen and oxygen atoms in total. The Labute approximate surface area is 70.1 Å². The van der Waals surface area contributed by atoms with Gasteiger partial charge in [0.15, 0.2) is 0 Å². The van der Waals surface area contributed by atoms with Gasteiger partial charge in [0, 0.05) is 0 Å². The van der Waals surface area contributed by atoms with Gasteiger partial charge in [-0.25, -0.2) is 0 Å². The smallest absolute Gasteiger partial charge is 0.0800 e. The lowest BCUT2D eigenvalue weighted by molar-refractivity contribution is 0.118. The third kappa shape index (κ3) is 3.06. The molecular weight excluding hydrogens is 136 g/mol. The molecule has 0 aromatic heterocycles. The van der Waals surface area contributed by atoms with Crippen LogP contribution in [-0.4, -0.2) is 10.7 Å². The Bertz CT molecular complexity index is 158. The fraction of sp³-hybridized carbons (Fsp3) is 0.800. The van der Waals surface area contributed by atoms with Crippen molar-refractivity contribution in [1.82, 2.24) is 0 Å². The maximum absolute atomic E-state index is 9.65. The van der Waals surface area contributed by atoms with Crippen molar-refractivity contribution >= 4 is 0 Å². The van der Waals surface area contributed by atoms with Crippen LogP contribution in [0.5, 0.6) is 0 Å². The topological polar surface area (TPSA) is 20.2 Å². The molecule has 0 heterocycles. The lowest BCUT2D eigenvalue weighted by Crippen LogP contribution is -2.22. The molecule has 0 rings (SSSR count). The minimum Gasteiger partial charge on any atom is -0.386 e. The van der Waals surface area contributed by atoms with Gasteiger partial charge >= 0.3 is 0 Å². The van der Waals surface area contributed by atoms with Crippen LogP contribution >= 0.6 is 0 Å². The van der Waals surface area contributed by atoms with Gasteiger partial charge in [-0.05, 0) is 39.2 Å². The van der Waals surface area contributed by atoms with Crippen molar-refractivity contribution in [1.29, 1.82) is 0 Å². The predicted molar refractivity (Wildman–Crippen MR) is 49.5 cm³/mol. The summed E-state index contributed by atoms with van der Waals surface area (Å²) < 4.78 is 0.